The van der Waals surface area contributed by atoms with E-state index in [1.165, 1.54) is 7.11 Å². The van der Waals surface area contributed by atoms with E-state index in [1.807, 2.05) is 31.2 Å². The quantitative estimate of drug-likeness (QED) is 0.789. The molecule has 0 aliphatic carbocycles. The van der Waals surface area contributed by atoms with Crippen molar-refractivity contribution in [3.8, 4) is 11.5 Å². The maximum atomic E-state index is 11.5. The molecule has 0 radical (unpaired) electrons. The van der Waals surface area contributed by atoms with Crippen LogP contribution in [-0.4, -0.2) is 13.1 Å². The van der Waals surface area contributed by atoms with Crippen LogP contribution in [0.1, 0.15) is 15.9 Å². The normalized spacial score (nSPS) is 10.1. The van der Waals surface area contributed by atoms with Crippen molar-refractivity contribution in [1.29, 1.82) is 0 Å². The molecule has 98 valence electrons. The van der Waals surface area contributed by atoms with Gasteiger partial charge in [-0.3, -0.25) is 0 Å². The number of ether oxygens (including phenoxy) is 2. The van der Waals surface area contributed by atoms with Crippen molar-refractivity contribution < 1.29 is 14.3 Å². The molecule has 4 heteroatoms. The van der Waals surface area contributed by atoms with Gasteiger partial charge in [-0.05, 0) is 58.7 Å². The van der Waals surface area contributed by atoms with Crippen LogP contribution < -0.4 is 4.74 Å². The lowest BCUT2D eigenvalue weighted by Crippen LogP contribution is -2.02. The zero-order valence-corrected chi connectivity index (χ0v) is 12.2. The lowest BCUT2D eigenvalue weighted by Gasteiger charge is -2.08. The number of esters is 1. The summed E-state index contributed by atoms with van der Waals surface area (Å²) in [5.74, 6) is 1.04. The minimum absolute atomic E-state index is 0.381. The van der Waals surface area contributed by atoms with Gasteiger partial charge in [-0.2, -0.15) is 0 Å². The standard InChI is InChI=1S/C15H13BrO3/c1-10-4-3-5-11(8-10)19-12-6-7-13(14(16)9-12)15(17)18-2/h3-9H,1-2H3. The van der Waals surface area contributed by atoms with Gasteiger partial charge < -0.3 is 9.47 Å². The van der Waals surface area contributed by atoms with E-state index in [0.717, 1.165) is 11.3 Å². The molecule has 0 aliphatic rings. The molecule has 0 atom stereocenters. The first-order chi connectivity index (χ1) is 9.10. The summed E-state index contributed by atoms with van der Waals surface area (Å²) >= 11 is 3.34. The van der Waals surface area contributed by atoms with E-state index in [1.54, 1.807) is 18.2 Å². The number of benzene rings is 2. The van der Waals surface area contributed by atoms with Crippen LogP contribution in [0, 0.1) is 6.92 Å². The summed E-state index contributed by atoms with van der Waals surface area (Å²) < 4.78 is 11.1. The summed E-state index contributed by atoms with van der Waals surface area (Å²) in [5, 5.41) is 0. The number of rotatable bonds is 3. The lowest BCUT2D eigenvalue weighted by molar-refractivity contribution is 0.0599. The second-order valence-electron chi connectivity index (χ2n) is 4.05. The van der Waals surface area contributed by atoms with Crippen molar-refractivity contribution >= 4 is 21.9 Å². The maximum absolute atomic E-state index is 11.5. The van der Waals surface area contributed by atoms with Crippen molar-refractivity contribution in [3.63, 3.8) is 0 Å². The van der Waals surface area contributed by atoms with Gasteiger partial charge >= 0.3 is 5.97 Å². The molecule has 0 bridgehead atoms. The summed E-state index contributed by atoms with van der Waals surface area (Å²) in [6.07, 6.45) is 0. The molecule has 0 amide bonds. The Balaban J connectivity index is 2.23. The molecule has 0 saturated heterocycles. The molecular formula is C15H13BrO3. The third-order valence-electron chi connectivity index (χ3n) is 2.57. The second kappa shape index (κ2) is 5.89. The average molecular weight is 321 g/mol. The van der Waals surface area contributed by atoms with Crippen LogP contribution >= 0.6 is 15.9 Å². The summed E-state index contributed by atoms with van der Waals surface area (Å²) in [6, 6.07) is 12.9. The zero-order chi connectivity index (χ0) is 13.8. The molecule has 0 N–H and O–H groups in total. The fourth-order valence-corrected chi connectivity index (χ4v) is 2.17. The van der Waals surface area contributed by atoms with Crippen LogP contribution in [0.3, 0.4) is 0 Å². The predicted molar refractivity (Wildman–Crippen MR) is 76.7 cm³/mol. The Bertz CT molecular complexity index is 608. The Morgan fingerprint density at radius 2 is 1.84 bits per heavy atom. The summed E-state index contributed by atoms with van der Waals surface area (Å²) in [5.41, 5.74) is 1.60. The monoisotopic (exact) mass is 320 g/mol. The van der Waals surface area contributed by atoms with Gasteiger partial charge in [0.1, 0.15) is 11.5 Å². The Kier molecular flexibility index (Phi) is 4.22. The van der Waals surface area contributed by atoms with Gasteiger partial charge in [-0.1, -0.05) is 12.1 Å². The highest BCUT2D eigenvalue weighted by molar-refractivity contribution is 9.10. The fraction of sp³-hybridized carbons (Fsp3) is 0.133. The van der Waals surface area contributed by atoms with E-state index in [2.05, 4.69) is 20.7 Å². The Hall–Kier alpha value is -1.81. The van der Waals surface area contributed by atoms with Crippen molar-refractivity contribution in [2.24, 2.45) is 0 Å². The third-order valence-corrected chi connectivity index (χ3v) is 3.23. The van der Waals surface area contributed by atoms with E-state index in [-0.39, 0.29) is 5.97 Å². The van der Waals surface area contributed by atoms with Crippen LogP contribution in [0.4, 0.5) is 0 Å². The molecule has 0 spiro atoms. The van der Waals surface area contributed by atoms with Crippen LogP contribution in [0.2, 0.25) is 0 Å². The fourth-order valence-electron chi connectivity index (χ4n) is 1.65. The highest BCUT2D eigenvalue weighted by atomic mass is 79.9. The molecule has 2 aromatic carbocycles. The highest BCUT2D eigenvalue weighted by Gasteiger charge is 2.11. The first-order valence-corrected chi connectivity index (χ1v) is 6.52. The van der Waals surface area contributed by atoms with Crippen LogP contribution in [0.15, 0.2) is 46.9 Å². The molecule has 2 aromatic rings. The predicted octanol–water partition coefficient (Wildman–Crippen LogP) is 4.34. The lowest BCUT2D eigenvalue weighted by atomic mass is 10.2. The van der Waals surface area contributed by atoms with Crippen molar-refractivity contribution in [2.45, 2.75) is 6.92 Å². The third kappa shape index (κ3) is 3.35. The minimum atomic E-state index is -0.381. The topological polar surface area (TPSA) is 35.5 Å². The molecule has 3 nitrogen and oxygen atoms in total. The molecule has 0 saturated carbocycles. The number of carbonyl (C=O) groups excluding carboxylic acids is 1. The highest BCUT2D eigenvalue weighted by Crippen LogP contribution is 2.27. The largest absolute Gasteiger partial charge is 0.465 e. The number of halogens is 1. The molecule has 19 heavy (non-hydrogen) atoms. The van der Waals surface area contributed by atoms with E-state index < -0.39 is 0 Å². The Morgan fingerprint density at radius 3 is 2.47 bits per heavy atom. The van der Waals surface area contributed by atoms with E-state index in [0.29, 0.717) is 15.8 Å². The van der Waals surface area contributed by atoms with Gasteiger partial charge in [-0.25, -0.2) is 4.79 Å². The molecule has 0 aliphatic heterocycles. The number of carbonyl (C=O) groups is 1. The first kappa shape index (κ1) is 13.6. The van der Waals surface area contributed by atoms with Crippen LogP contribution in [0.25, 0.3) is 0 Å². The molecule has 2 rings (SSSR count). The summed E-state index contributed by atoms with van der Waals surface area (Å²) in [7, 11) is 1.35. The Labute approximate surface area is 120 Å². The summed E-state index contributed by atoms with van der Waals surface area (Å²) in [4.78, 5) is 11.5. The Morgan fingerprint density at radius 1 is 1.11 bits per heavy atom. The first-order valence-electron chi connectivity index (χ1n) is 5.72. The van der Waals surface area contributed by atoms with Gasteiger partial charge in [0.25, 0.3) is 0 Å². The number of aryl methyl sites for hydroxylation is 1. The zero-order valence-electron chi connectivity index (χ0n) is 10.6. The second-order valence-corrected chi connectivity index (χ2v) is 4.91. The van der Waals surface area contributed by atoms with Gasteiger partial charge in [0, 0.05) is 4.47 Å². The number of hydrogen-bond donors (Lipinski definition) is 0. The van der Waals surface area contributed by atoms with E-state index >= 15 is 0 Å². The van der Waals surface area contributed by atoms with Crippen LogP contribution in [-0.2, 0) is 4.74 Å². The van der Waals surface area contributed by atoms with E-state index in [9.17, 15) is 4.79 Å². The smallest absolute Gasteiger partial charge is 0.339 e. The van der Waals surface area contributed by atoms with Crippen LogP contribution in [0.5, 0.6) is 11.5 Å². The van der Waals surface area contributed by atoms with Gasteiger partial charge in [0.2, 0.25) is 0 Å². The van der Waals surface area contributed by atoms with Gasteiger partial charge in [0.15, 0.2) is 0 Å². The molecular weight excluding hydrogens is 308 g/mol. The molecule has 0 heterocycles. The summed E-state index contributed by atoms with van der Waals surface area (Å²) in [6.45, 7) is 2.00. The van der Waals surface area contributed by atoms with Crippen molar-refractivity contribution in [1.82, 2.24) is 0 Å². The average Bonchev–Trinajstić information content (AvgIpc) is 2.38. The molecule has 0 unspecified atom stereocenters. The molecule has 0 aromatic heterocycles. The van der Waals surface area contributed by atoms with Crippen molar-refractivity contribution in [2.75, 3.05) is 7.11 Å². The molecule has 0 fully saturated rings. The minimum Gasteiger partial charge on any atom is -0.465 e. The van der Waals surface area contributed by atoms with E-state index in [4.69, 9.17) is 4.74 Å². The number of methoxy groups -OCH3 is 1. The maximum Gasteiger partial charge on any atom is 0.339 e. The van der Waals surface area contributed by atoms with Gasteiger partial charge in [-0.15, -0.1) is 0 Å². The van der Waals surface area contributed by atoms with Crippen molar-refractivity contribution in [3.05, 3.63) is 58.1 Å². The number of hydrogen-bond acceptors (Lipinski definition) is 3. The van der Waals surface area contributed by atoms with Gasteiger partial charge in [0.05, 0.1) is 12.7 Å². The SMILES string of the molecule is COC(=O)c1ccc(Oc2cccc(C)c2)cc1Br.